The number of carbonyl (C=O) groups is 3. The van der Waals surface area contributed by atoms with E-state index in [-0.39, 0.29) is 17.2 Å². The van der Waals surface area contributed by atoms with Crippen LogP contribution < -0.4 is 15.5 Å². The molecule has 2 aromatic rings. The number of nitrogens with one attached hydrogen (secondary N) is 2. The maximum atomic E-state index is 12.9. The van der Waals surface area contributed by atoms with Gasteiger partial charge in [0.2, 0.25) is 5.91 Å². The molecule has 0 aliphatic rings. The summed E-state index contributed by atoms with van der Waals surface area (Å²) >= 11 is 0. The zero-order valence-electron chi connectivity index (χ0n) is 17.3. The number of phenols is 1. The molecule has 29 heavy (non-hydrogen) atoms. The number of hydrogen-bond donors (Lipinski definition) is 3. The fourth-order valence-electron chi connectivity index (χ4n) is 2.76. The van der Waals surface area contributed by atoms with Gasteiger partial charge in [-0.05, 0) is 52.0 Å². The van der Waals surface area contributed by atoms with E-state index in [4.69, 9.17) is 0 Å². The van der Waals surface area contributed by atoms with Crippen LogP contribution in [0.5, 0.6) is 5.75 Å². The highest BCUT2D eigenvalue weighted by molar-refractivity contribution is 6.04. The van der Waals surface area contributed by atoms with Crippen LogP contribution in [-0.4, -0.2) is 41.0 Å². The molecule has 0 saturated carbocycles. The van der Waals surface area contributed by atoms with Gasteiger partial charge in [0.15, 0.2) is 0 Å². The highest BCUT2D eigenvalue weighted by Gasteiger charge is 2.38. The van der Waals surface area contributed by atoms with Gasteiger partial charge in [0.25, 0.3) is 11.8 Å². The van der Waals surface area contributed by atoms with E-state index in [9.17, 15) is 19.5 Å². The van der Waals surface area contributed by atoms with Gasteiger partial charge in [-0.1, -0.05) is 30.3 Å². The molecular formula is C22H27N3O4. The van der Waals surface area contributed by atoms with Gasteiger partial charge in [0.05, 0.1) is 5.56 Å². The van der Waals surface area contributed by atoms with Crippen LogP contribution in [0.4, 0.5) is 5.69 Å². The minimum atomic E-state index is -1.32. The summed E-state index contributed by atoms with van der Waals surface area (Å²) in [5, 5.41) is 15.1. The second-order valence-electron chi connectivity index (χ2n) is 7.88. The molecule has 0 aliphatic carbocycles. The smallest absolute Gasteiger partial charge is 0.255 e. The third kappa shape index (κ3) is 5.13. The monoisotopic (exact) mass is 397 g/mol. The van der Waals surface area contributed by atoms with Crippen molar-refractivity contribution in [3.05, 3.63) is 60.2 Å². The lowest BCUT2D eigenvalue weighted by Crippen LogP contribution is -2.63. The number of hydrogen-bond acceptors (Lipinski definition) is 4. The number of nitrogens with zero attached hydrogens (tertiary/aromatic N) is 1. The molecule has 2 rings (SSSR count). The van der Waals surface area contributed by atoms with Crippen LogP contribution in [0.3, 0.4) is 0 Å². The van der Waals surface area contributed by atoms with Crippen LogP contribution in [0.25, 0.3) is 0 Å². The molecule has 3 N–H and O–H groups in total. The first kappa shape index (κ1) is 21.9. The van der Waals surface area contributed by atoms with Crippen molar-refractivity contribution >= 4 is 23.4 Å². The predicted octanol–water partition coefficient (Wildman–Crippen LogP) is 2.46. The molecule has 0 radical (unpaired) electrons. The Hall–Kier alpha value is -3.35. The average molecular weight is 397 g/mol. The Kier molecular flexibility index (Phi) is 6.31. The Bertz CT molecular complexity index is 907. The van der Waals surface area contributed by atoms with Crippen LogP contribution in [0, 0.1) is 0 Å². The highest BCUT2D eigenvalue weighted by atomic mass is 16.3. The quantitative estimate of drug-likeness (QED) is 0.697. The van der Waals surface area contributed by atoms with Crippen molar-refractivity contribution in [2.45, 2.75) is 38.8 Å². The molecule has 7 nitrogen and oxygen atoms in total. The second kappa shape index (κ2) is 8.34. The maximum Gasteiger partial charge on any atom is 0.255 e. The second-order valence-corrected chi connectivity index (χ2v) is 7.88. The van der Waals surface area contributed by atoms with Crippen LogP contribution in [-0.2, 0) is 9.59 Å². The summed E-state index contributed by atoms with van der Waals surface area (Å²) < 4.78 is 0. The van der Waals surface area contributed by atoms with Gasteiger partial charge in [-0.3, -0.25) is 14.4 Å². The first-order chi connectivity index (χ1) is 13.5. The molecule has 0 spiro atoms. The zero-order valence-corrected chi connectivity index (χ0v) is 17.3. The fraction of sp³-hybridized carbons (Fsp3) is 0.318. The van der Waals surface area contributed by atoms with E-state index in [0.29, 0.717) is 5.69 Å². The van der Waals surface area contributed by atoms with Gasteiger partial charge in [-0.15, -0.1) is 0 Å². The van der Waals surface area contributed by atoms with E-state index in [1.165, 1.54) is 30.9 Å². The van der Waals surface area contributed by atoms with E-state index >= 15 is 0 Å². The summed E-state index contributed by atoms with van der Waals surface area (Å²) in [5.74, 6) is -1.60. The third-order valence-corrected chi connectivity index (χ3v) is 4.55. The number of anilines is 1. The lowest BCUT2D eigenvalue weighted by molar-refractivity contribution is -0.133. The Morgan fingerprint density at radius 3 is 1.97 bits per heavy atom. The van der Waals surface area contributed by atoms with Gasteiger partial charge in [0.1, 0.15) is 16.8 Å². The molecule has 0 fully saturated rings. The maximum absolute atomic E-state index is 12.9. The molecule has 0 saturated heterocycles. The summed E-state index contributed by atoms with van der Waals surface area (Å²) in [6.07, 6.45) is 0. The van der Waals surface area contributed by atoms with E-state index in [2.05, 4.69) is 10.6 Å². The number of phenolic OH excluding ortho intramolecular Hbond substituents is 1. The van der Waals surface area contributed by atoms with Crippen molar-refractivity contribution in [2.75, 3.05) is 11.9 Å². The topological polar surface area (TPSA) is 98.7 Å². The summed E-state index contributed by atoms with van der Waals surface area (Å²) in [5.41, 5.74) is -1.76. The van der Waals surface area contributed by atoms with Crippen molar-refractivity contribution in [1.29, 1.82) is 0 Å². The molecule has 0 aliphatic heterocycles. The van der Waals surface area contributed by atoms with Crippen molar-refractivity contribution < 1.29 is 19.5 Å². The average Bonchev–Trinajstić information content (AvgIpc) is 2.67. The van der Waals surface area contributed by atoms with Gasteiger partial charge in [-0.2, -0.15) is 0 Å². The normalized spacial score (nSPS) is 11.5. The molecule has 0 heterocycles. The molecule has 0 aromatic heterocycles. The Balaban J connectivity index is 2.11. The molecule has 0 bridgehead atoms. The summed E-state index contributed by atoms with van der Waals surface area (Å²) in [7, 11) is 1.64. The lowest BCUT2D eigenvalue weighted by atomic mass is 9.97. The van der Waals surface area contributed by atoms with Crippen LogP contribution >= 0.6 is 0 Å². The highest BCUT2D eigenvalue weighted by Crippen LogP contribution is 2.19. The largest absolute Gasteiger partial charge is 0.507 e. The number of para-hydroxylation sites is 2. The van der Waals surface area contributed by atoms with E-state index in [0.717, 1.165) is 0 Å². The van der Waals surface area contributed by atoms with Gasteiger partial charge >= 0.3 is 0 Å². The van der Waals surface area contributed by atoms with Crippen molar-refractivity contribution in [3.63, 3.8) is 0 Å². The lowest BCUT2D eigenvalue weighted by Gasteiger charge is -2.34. The number of likely N-dealkylation sites (N-methyl/N-ethyl adjacent to an activating group) is 1. The van der Waals surface area contributed by atoms with Crippen LogP contribution in [0.15, 0.2) is 54.6 Å². The van der Waals surface area contributed by atoms with Crippen LogP contribution in [0.2, 0.25) is 0 Å². The van der Waals surface area contributed by atoms with Gasteiger partial charge in [-0.25, -0.2) is 0 Å². The predicted molar refractivity (Wildman–Crippen MR) is 112 cm³/mol. The SMILES string of the molecule is CN(C(=O)C(C)(C)NC(=O)C(C)(C)NC(=O)c1ccccc1O)c1ccccc1. The third-order valence-electron chi connectivity index (χ3n) is 4.55. The van der Waals surface area contributed by atoms with Crippen molar-refractivity contribution in [2.24, 2.45) is 0 Å². The number of benzene rings is 2. The van der Waals surface area contributed by atoms with Gasteiger partial charge in [0, 0.05) is 12.7 Å². The Morgan fingerprint density at radius 1 is 0.828 bits per heavy atom. The fourth-order valence-corrected chi connectivity index (χ4v) is 2.76. The minimum absolute atomic E-state index is 0.0625. The molecule has 3 amide bonds. The Morgan fingerprint density at radius 2 is 1.38 bits per heavy atom. The first-order valence-corrected chi connectivity index (χ1v) is 9.22. The molecule has 0 unspecified atom stereocenters. The van der Waals surface area contributed by atoms with Crippen molar-refractivity contribution in [3.8, 4) is 5.75 Å². The first-order valence-electron chi connectivity index (χ1n) is 9.22. The number of rotatable bonds is 6. The number of aromatic hydroxyl groups is 1. The summed E-state index contributed by atoms with van der Waals surface area (Å²) in [4.78, 5) is 39.7. The molecule has 154 valence electrons. The van der Waals surface area contributed by atoms with E-state index < -0.39 is 22.9 Å². The number of amides is 3. The molecule has 0 atom stereocenters. The minimum Gasteiger partial charge on any atom is -0.507 e. The molecule has 2 aromatic carbocycles. The summed E-state index contributed by atoms with van der Waals surface area (Å²) in [6, 6.07) is 15.2. The standard InChI is InChI=1S/C22H27N3O4/c1-21(2,23-18(27)16-13-9-10-14-17(16)26)19(28)24-22(3,4)20(29)25(5)15-11-7-6-8-12-15/h6-14,26H,1-5H3,(H,23,27)(H,24,28). The van der Waals surface area contributed by atoms with Gasteiger partial charge < -0.3 is 20.6 Å². The zero-order chi connectivity index (χ0) is 21.8. The van der Waals surface area contributed by atoms with Crippen molar-refractivity contribution in [1.82, 2.24) is 10.6 Å². The molecular weight excluding hydrogens is 370 g/mol. The molecule has 7 heteroatoms. The van der Waals surface area contributed by atoms with E-state index in [1.807, 2.05) is 18.2 Å². The summed E-state index contributed by atoms with van der Waals surface area (Å²) in [6.45, 7) is 6.27. The number of carbonyl (C=O) groups excluding carboxylic acids is 3. The van der Waals surface area contributed by atoms with Crippen LogP contribution in [0.1, 0.15) is 38.1 Å². The Labute approximate surface area is 170 Å². The van der Waals surface area contributed by atoms with E-state index in [1.54, 1.807) is 45.2 Å².